The standard InChI is InChI=1S/C30H36F4O2S.CH4O/c31-24-26(33)30(37-35)27(34)25(32)29(24)36-28-22(19-12-6-2-7-13-19)16-21(18-10-4-1-5-11-18)17-23(28)20-14-8-3-9-15-20;1-2/h16-20,35H,1-15H2;2H,1H3. The fraction of sp³-hybridized carbons (Fsp3) is 0.613. The Bertz CT molecular complexity index is 1040. The molecule has 0 heterocycles. The van der Waals surface area contributed by atoms with Gasteiger partial charge >= 0.3 is 0 Å². The number of benzene rings is 2. The fourth-order valence-electron chi connectivity index (χ4n) is 6.78. The van der Waals surface area contributed by atoms with Crippen LogP contribution in [0.4, 0.5) is 17.6 Å². The minimum Gasteiger partial charge on any atom is -0.450 e. The first-order valence-corrected chi connectivity index (χ1v) is 15.2. The van der Waals surface area contributed by atoms with E-state index < -0.39 is 33.9 Å². The van der Waals surface area contributed by atoms with Gasteiger partial charge in [0.2, 0.25) is 17.4 Å². The van der Waals surface area contributed by atoms with E-state index in [-0.39, 0.29) is 23.9 Å². The largest absolute Gasteiger partial charge is 0.450 e. The van der Waals surface area contributed by atoms with Crippen molar-refractivity contribution in [1.29, 1.82) is 0 Å². The average Bonchev–Trinajstić information content (AvgIpc) is 3.00. The Morgan fingerprint density at radius 1 is 0.590 bits per heavy atom. The maximum Gasteiger partial charge on any atom is 0.205 e. The van der Waals surface area contributed by atoms with Gasteiger partial charge in [-0.05, 0) is 73.0 Å². The van der Waals surface area contributed by atoms with Gasteiger partial charge in [0.15, 0.2) is 11.6 Å². The third-order valence-electron chi connectivity index (χ3n) is 8.81. The van der Waals surface area contributed by atoms with Gasteiger partial charge in [0, 0.05) is 19.2 Å². The Labute approximate surface area is 233 Å². The van der Waals surface area contributed by atoms with Crippen molar-refractivity contribution in [3.05, 3.63) is 52.1 Å². The summed E-state index contributed by atoms with van der Waals surface area (Å²) in [7, 11) is 1.00. The van der Waals surface area contributed by atoms with Crippen LogP contribution in [0.25, 0.3) is 0 Å². The van der Waals surface area contributed by atoms with E-state index in [1.165, 1.54) is 24.8 Å². The third-order valence-corrected chi connectivity index (χ3v) is 9.35. The average molecular weight is 569 g/mol. The molecule has 0 amide bonds. The number of rotatable bonds is 6. The van der Waals surface area contributed by atoms with Crippen molar-refractivity contribution >= 4 is 12.0 Å². The molecule has 2 N–H and O–H groups in total. The van der Waals surface area contributed by atoms with Crippen LogP contribution in [0.5, 0.6) is 11.5 Å². The molecule has 0 atom stereocenters. The van der Waals surface area contributed by atoms with Gasteiger partial charge < -0.3 is 14.4 Å². The second-order valence-electron chi connectivity index (χ2n) is 11.1. The van der Waals surface area contributed by atoms with Crippen molar-refractivity contribution in [3.63, 3.8) is 0 Å². The number of hydrogen-bond acceptors (Lipinski definition) is 4. The topological polar surface area (TPSA) is 49.7 Å². The predicted molar refractivity (Wildman–Crippen MR) is 147 cm³/mol. The van der Waals surface area contributed by atoms with Crippen LogP contribution >= 0.6 is 12.0 Å². The molecule has 0 spiro atoms. The highest BCUT2D eigenvalue weighted by atomic mass is 32.2. The van der Waals surface area contributed by atoms with Crippen LogP contribution in [0, 0.1) is 23.3 Å². The molecule has 0 aromatic heterocycles. The summed E-state index contributed by atoms with van der Waals surface area (Å²) in [6.45, 7) is 0. The Balaban J connectivity index is 0.00000172. The minimum atomic E-state index is -1.64. The first kappa shape index (κ1) is 30.2. The molecule has 3 aliphatic carbocycles. The van der Waals surface area contributed by atoms with Gasteiger partial charge in [-0.2, -0.15) is 8.78 Å². The zero-order valence-electron chi connectivity index (χ0n) is 22.7. The van der Waals surface area contributed by atoms with E-state index in [4.69, 9.17) is 9.84 Å². The van der Waals surface area contributed by atoms with Gasteiger partial charge in [-0.3, -0.25) is 0 Å². The lowest BCUT2D eigenvalue weighted by molar-refractivity contribution is 0.338. The molecule has 0 saturated heterocycles. The molecule has 0 bridgehead atoms. The molecule has 216 valence electrons. The van der Waals surface area contributed by atoms with E-state index in [9.17, 15) is 13.3 Å². The van der Waals surface area contributed by atoms with Crippen molar-refractivity contribution in [2.45, 2.75) is 119 Å². The van der Waals surface area contributed by atoms with Crippen LogP contribution in [-0.4, -0.2) is 16.8 Å². The first-order chi connectivity index (χ1) is 19.0. The van der Waals surface area contributed by atoms with E-state index in [1.807, 2.05) is 0 Å². The van der Waals surface area contributed by atoms with E-state index in [0.717, 1.165) is 95.3 Å². The lowest BCUT2D eigenvalue weighted by atomic mass is 9.75. The van der Waals surface area contributed by atoms with Crippen molar-refractivity contribution in [2.75, 3.05) is 7.11 Å². The van der Waals surface area contributed by atoms with Gasteiger partial charge in [-0.25, -0.2) is 8.78 Å². The molecule has 3 aliphatic rings. The fourth-order valence-corrected chi connectivity index (χ4v) is 7.12. The highest BCUT2D eigenvalue weighted by molar-refractivity contribution is 7.93. The molecular weight excluding hydrogens is 528 g/mol. The summed E-state index contributed by atoms with van der Waals surface area (Å²) in [6, 6.07) is 4.35. The smallest absolute Gasteiger partial charge is 0.205 e. The maximum atomic E-state index is 15.1. The normalized spacial score (nSPS) is 19.5. The highest BCUT2D eigenvalue weighted by Crippen LogP contribution is 2.49. The summed E-state index contributed by atoms with van der Waals surface area (Å²) >= 11 is -0.351. The summed E-state index contributed by atoms with van der Waals surface area (Å²) in [5.74, 6) is -6.36. The Morgan fingerprint density at radius 2 is 0.974 bits per heavy atom. The maximum absolute atomic E-state index is 15.1. The molecule has 2 aromatic rings. The van der Waals surface area contributed by atoms with E-state index in [1.54, 1.807) is 0 Å². The second-order valence-corrected chi connectivity index (χ2v) is 11.7. The van der Waals surface area contributed by atoms with Crippen LogP contribution in [0.2, 0.25) is 0 Å². The van der Waals surface area contributed by atoms with Gasteiger partial charge in [-0.1, -0.05) is 69.9 Å². The Hall–Kier alpha value is -1.77. The summed E-state index contributed by atoms with van der Waals surface area (Å²) in [5, 5.41) is 7.00. The van der Waals surface area contributed by atoms with Crippen LogP contribution in [-0.2, 0) is 0 Å². The third kappa shape index (κ3) is 6.59. The second kappa shape index (κ2) is 14.2. The summed E-state index contributed by atoms with van der Waals surface area (Å²) in [6.07, 6.45) is 16.4. The predicted octanol–water partition coefficient (Wildman–Crippen LogP) is 10.4. The SMILES string of the molecule is CO.OSc1c(F)c(F)c(Oc2c(C3CCCCC3)cc(C3CCCCC3)cc2C2CCCCC2)c(F)c1F. The molecule has 3 fully saturated rings. The van der Waals surface area contributed by atoms with Crippen LogP contribution < -0.4 is 4.74 Å². The summed E-state index contributed by atoms with van der Waals surface area (Å²) in [5.41, 5.74) is 3.14. The molecule has 39 heavy (non-hydrogen) atoms. The zero-order chi connectivity index (χ0) is 27.9. The molecule has 0 aliphatic heterocycles. The molecular formula is C31H40F4O3S. The van der Waals surface area contributed by atoms with E-state index >= 15 is 8.78 Å². The first-order valence-electron chi connectivity index (χ1n) is 14.5. The number of ether oxygens (including phenoxy) is 1. The number of aliphatic hydroxyl groups is 1. The monoisotopic (exact) mass is 568 g/mol. The van der Waals surface area contributed by atoms with Gasteiger partial charge in [0.25, 0.3) is 0 Å². The van der Waals surface area contributed by atoms with Gasteiger partial charge in [0.1, 0.15) is 10.6 Å². The van der Waals surface area contributed by atoms with E-state index in [0.29, 0.717) is 11.7 Å². The molecule has 2 aromatic carbocycles. The lowest BCUT2D eigenvalue weighted by Crippen LogP contribution is -2.15. The molecule has 3 nitrogen and oxygen atoms in total. The van der Waals surface area contributed by atoms with Crippen molar-refractivity contribution in [2.24, 2.45) is 0 Å². The zero-order valence-corrected chi connectivity index (χ0v) is 23.5. The lowest BCUT2D eigenvalue weighted by Gasteiger charge is -2.32. The van der Waals surface area contributed by atoms with Crippen molar-refractivity contribution in [1.82, 2.24) is 0 Å². The quantitative estimate of drug-likeness (QED) is 0.207. The Morgan fingerprint density at radius 3 is 1.36 bits per heavy atom. The number of halogens is 4. The van der Waals surface area contributed by atoms with Crippen LogP contribution in [0.3, 0.4) is 0 Å². The van der Waals surface area contributed by atoms with Crippen molar-refractivity contribution < 1.29 is 32.0 Å². The van der Waals surface area contributed by atoms with Gasteiger partial charge in [-0.15, -0.1) is 0 Å². The molecule has 0 unspecified atom stereocenters. The van der Waals surface area contributed by atoms with Crippen LogP contribution in [0.1, 0.15) is 131 Å². The van der Waals surface area contributed by atoms with E-state index in [2.05, 4.69) is 12.1 Å². The number of hydrogen-bond donors (Lipinski definition) is 2. The highest BCUT2D eigenvalue weighted by Gasteiger charge is 2.33. The summed E-state index contributed by atoms with van der Waals surface area (Å²) in [4.78, 5) is -1.10. The summed E-state index contributed by atoms with van der Waals surface area (Å²) < 4.78 is 74.5. The molecule has 0 radical (unpaired) electrons. The molecule has 3 saturated carbocycles. The number of aliphatic hydroxyl groups excluding tert-OH is 1. The van der Waals surface area contributed by atoms with Gasteiger partial charge in [0.05, 0.1) is 0 Å². The minimum absolute atomic E-state index is 0.183. The van der Waals surface area contributed by atoms with Crippen molar-refractivity contribution in [3.8, 4) is 11.5 Å². The Kier molecular flexibility index (Phi) is 11.0. The molecule has 5 rings (SSSR count). The molecule has 8 heteroatoms. The van der Waals surface area contributed by atoms with Crippen LogP contribution in [0.15, 0.2) is 17.0 Å².